The van der Waals surface area contributed by atoms with Crippen molar-refractivity contribution in [2.24, 2.45) is 10.9 Å². The highest BCUT2D eigenvalue weighted by Gasteiger charge is 2.23. The van der Waals surface area contributed by atoms with Crippen molar-refractivity contribution in [1.29, 1.82) is 0 Å². The Bertz CT molecular complexity index is 835. The van der Waals surface area contributed by atoms with Gasteiger partial charge >= 0.3 is 0 Å². The number of rotatable bonds is 6. The Labute approximate surface area is 173 Å². The molecule has 1 aromatic carbocycles. The first kappa shape index (κ1) is 20.9. The molecule has 7 heteroatoms. The average Bonchev–Trinajstić information content (AvgIpc) is 3.14. The summed E-state index contributed by atoms with van der Waals surface area (Å²) in [7, 11) is 3.53. The lowest BCUT2D eigenvalue weighted by Gasteiger charge is -2.34. The first-order chi connectivity index (χ1) is 14.1. The summed E-state index contributed by atoms with van der Waals surface area (Å²) >= 11 is 0. The van der Waals surface area contributed by atoms with Crippen LogP contribution in [0.2, 0.25) is 0 Å². The van der Waals surface area contributed by atoms with Crippen molar-refractivity contribution in [3.05, 3.63) is 53.6 Å². The molecule has 1 fully saturated rings. The van der Waals surface area contributed by atoms with Gasteiger partial charge in [0.05, 0.1) is 0 Å². The molecule has 7 nitrogen and oxygen atoms in total. The maximum absolute atomic E-state index is 11.6. The van der Waals surface area contributed by atoms with Crippen LogP contribution in [0.4, 0.5) is 0 Å². The average molecular weight is 397 g/mol. The molecular weight excluding hydrogens is 364 g/mol. The molecule has 0 radical (unpaired) electrons. The van der Waals surface area contributed by atoms with Gasteiger partial charge in [-0.1, -0.05) is 24.3 Å². The Kier molecular flexibility index (Phi) is 7.27. The van der Waals surface area contributed by atoms with E-state index in [1.165, 1.54) is 11.1 Å². The van der Waals surface area contributed by atoms with Crippen molar-refractivity contribution in [3.63, 3.8) is 0 Å². The normalized spacial score (nSPS) is 15.4. The minimum absolute atomic E-state index is 0.136. The quantitative estimate of drug-likeness (QED) is 0.580. The van der Waals surface area contributed by atoms with Gasteiger partial charge in [0.2, 0.25) is 5.91 Å². The van der Waals surface area contributed by atoms with Crippen LogP contribution < -0.4 is 10.6 Å². The van der Waals surface area contributed by atoms with Crippen LogP contribution in [0.5, 0.6) is 0 Å². The minimum Gasteiger partial charge on any atom is -0.359 e. The second kappa shape index (κ2) is 10.1. The number of benzene rings is 1. The van der Waals surface area contributed by atoms with Crippen molar-refractivity contribution >= 4 is 11.9 Å². The largest absolute Gasteiger partial charge is 0.359 e. The number of carbonyl (C=O) groups is 1. The molecule has 156 valence electrons. The lowest BCUT2D eigenvalue weighted by atomic mass is 9.93. The number of nitrogens with one attached hydrogen (secondary N) is 2. The molecule has 0 bridgehead atoms. The van der Waals surface area contributed by atoms with Gasteiger partial charge in [-0.3, -0.25) is 9.79 Å². The number of hydrogen-bond acceptors (Lipinski definition) is 3. The molecule has 0 saturated carbocycles. The second-order valence-electron chi connectivity index (χ2n) is 7.63. The second-order valence-corrected chi connectivity index (χ2v) is 7.63. The van der Waals surface area contributed by atoms with Crippen LogP contribution in [0.3, 0.4) is 0 Å². The first-order valence-corrected chi connectivity index (χ1v) is 10.3. The standard InChI is InChI=1S/C22H32N6O/c1-17-25-9-12-28(17)16-20-6-4-5-19(13-20)15-26-22(24-3)27-10-7-18(8-11-27)14-21(29)23-2/h4-6,9,12-13,18H,7-8,10-11,14-16H2,1-3H3,(H,23,29)(H,24,26). The molecule has 1 aliphatic rings. The number of piperidine rings is 1. The summed E-state index contributed by atoms with van der Waals surface area (Å²) in [5.74, 6) is 2.55. The lowest BCUT2D eigenvalue weighted by Crippen LogP contribution is -2.45. The molecule has 2 N–H and O–H groups in total. The van der Waals surface area contributed by atoms with E-state index in [1.807, 2.05) is 26.4 Å². The number of hydrogen-bond donors (Lipinski definition) is 2. The molecule has 0 unspecified atom stereocenters. The predicted molar refractivity (Wildman–Crippen MR) is 116 cm³/mol. The monoisotopic (exact) mass is 396 g/mol. The molecule has 1 saturated heterocycles. The summed E-state index contributed by atoms with van der Waals surface area (Å²) in [6.07, 6.45) is 6.51. The zero-order valence-electron chi connectivity index (χ0n) is 17.7. The number of aliphatic imine (C=N–C) groups is 1. The number of nitrogens with zero attached hydrogens (tertiary/aromatic N) is 4. The number of guanidine groups is 1. The van der Waals surface area contributed by atoms with Gasteiger partial charge in [-0.25, -0.2) is 4.98 Å². The summed E-state index contributed by atoms with van der Waals surface area (Å²) in [4.78, 5) is 22.6. The Balaban J connectivity index is 1.52. The van der Waals surface area contributed by atoms with E-state index in [1.54, 1.807) is 7.05 Å². The smallest absolute Gasteiger partial charge is 0.220 e. The van der Waals surface area contributed by atoms with Gasteiger partial charge in [0.15, 0.2) is 5.96 Å². The zero-order chi connectivity index (χ0) is 20.6. The van der Waals surface area contributed by atoms with Crippen molar-refractivity contribution in [2.45, 2.75) is 39.3 Å². The molecule has 2 heterocycles. The predicted octanol–water partition coefficient (Wildman–Crippen LogP) is 2.16. The molecule has 3 rings (SSSR count). The van der Waals surface area contributed by atoms with Crippen LogP contribution in [0.25, 0.3) is 0 Å². The van der Waals surface area contributed by atoms with Crippen LogP contribution in [0.15, 0.2) is 41.7 Å². The maximum atomic E-state index is 11.6. The maximum Gasteiger partial charge on any atom is 0.220 e. The molecular formula is C22H32N6O. The summed E-state index contributed by atoms with van der Waals surface area (Å²) in [6, 6.07) is 8.62. The topological polar surface area (TPSA) is 74.5 Å². The highest BCUT2D eigenvalue weighted by atomic mass is 16.1. The van der Waals surface area contributed by atoms with E-state index in [0.717, 1.165) is 50.8 Å². The third-order valence-electron chi connectivity index (χ3n) is 5.60. The van der Waals surface area contributed by atoms with E-state index in [4.69, 9.17) is 0 Å². The Morgan fingerprint density at radius 2 is 2.03 bits per heavy atom. The molecule has 1 amide bonds. The van der Waals surface area contributed by atoms with Gasteiger partial charge in [-0.05, 0) is 36.8 Å². The Morgan fingerprint density at radius 3 is 2.69 bits per heavy atom. The molecule has 0 atom stereocenters. The van der Waals surface area contributed by atoms with E-state index in [9.17, 15) is 4.79 Å². The molecule has 2 aromatic rings. The number of likely N-dealkylation sites (tertiary alicyclic amines) is 1. The number of aryl methyl sites for hydroxylation is 1. The van der Waals surface area contributed by atoms with E-state index < -0.39 is 0 Å². The van der Waals surface area contributed by atoms with Crippen molar-refractivity contribution < 1.29 is 4.79 Å². The van der Waals surface area contributed by atoms with E-state index in [0.29, 0.717) is 12.3 Å². The Morgan fingerprint density at radius 1 is 1.28 bits per heavy atom. The fourth-order valence-electron chi connectivity index (χ4n) is 3.83. The van der Waals surface area contributed by atoms with Gasteiger partial charge in [-0.15, -0.1) is 0 Å². The number of amides is 1. The lowest BCUT2D eigenvalue weighted by molar-refractivity contribution is -0.121. The fraction of sp³-hybridized carbons (Fsp3) is 0.500. The van der Waals surface area contributed by atoms with Gasteiger partial charge in [0.25, 0.3) is 0 Å². The number of carbonyl (C=O) groups excluding carboxylic acids is 1. The highest BCUT2D eigenvalue weighted by molar-refractivity contribution is 5.80. The third kappa shape index (κ3) is 5.82. The molecule has 0 aliphatic carbocycles. The zero-order valence-corrected chi connectivity index (χ0v) is 17.7. The van der Waals surface area contributed by atoms with Gasteiger partial charge < -0.3 is 20.1 Å². The minimum atomic E-state index is 0.136. The van der Waals surface area contributed by atoms with Crippen LogP contribution in [-0.2, 0) is 17.9 Å². The summed E-state index contributed by atoms with van der Waals surface area (Å²) < 4.78 is 2.15. The van der Waals surface area contributed by atoms with Crippen LogP contribution in [0, 0.1) is 12.8 Å². The molecule has 1 aliphatic heterocycles. The number of aromatic nitrogens is 2. The van der Waals surface area contributed by atoms with Gasteiger partial charge in [-0.2, -0.15) is 0 Å². The summed E-state index contributed by atoms with van der Waals surface area (Å²) in [5, 5.41) is 6.22. The molecule has 0 spiro atoms. The van der Waals surface area contributed by atoms with Crippen LogP contribution >= 0.6 is 0 Å². The van der Waals surface area contributed by atoms with Crippen LogP contribution in [-0.4, -0.2) is 53.5 Å². The van der Waals surface area contributed by atoms with E-state index in [2.05, 4.69) is 54.3 Å². The van der Waals surface area contributed by atoms with Crippen LogP contribution in [0.1, 0.15) is 36.2 Å². The highest BCUT2D eigenvalue weighted by Crippen LogP contribution is 2.20. The first-order valence-electron chi connectivity index (χ1n) is 10.3. The fourth-order valence-corrected chi connectivity index (χ4v) is 3.83. The van der Waals surface area contributed by atoms with Crippen molar-refractivity contribution in [2.75, 3.05) is 27.2 Å². The molecule has 29 heavy (non-hydrogen) atoms. The van der Waals surface area contributed by atoms with E-state index in [-0.39, 0.29) is 5.91 Å². The van der Waals surface area contributed by atoms with Crippen molar-refractivity contribution in [3.8, 4) is 0 Å². The van der Waals surface area contributed by atoms with Gasteiger partial charge in [0.1, 0.15) is 5.82 Å². The third-order valence-corrected chi connectivity index (χ3v) is 5.60. The van der Waals surface area contributed by atoms with Gasteiger partial charge in [0, 0.05) is 59.1 Å². The number of imidazole rings is 1. The Hall–Kier alpha value is -2.83. The SMILES string of the molecule is CN=C(NCc1cccc(Cn2ccnc2C)c1)N1CCC(CC(=O)NC)CC1. The van der Waals surface area contributed by atoms with E-state index >= 15 is 0 Å². The molecule has 1 aromatic heterocycles. The summed E-state index contributed by atoms with van der Waals surface area (Å²) in [6.45, 7) is 5.45. The van der Waals surface area contributed by atoms with Crippen molar-refractivity contribution in [1.82, 2.24) is 25.1 Å². The summed E-state index contributed by atoms with van der Waals surface area (Å²) in [5.41, 5.74) is 2.49.